The number of guanidine groups is 1. The lowest BCUT2D eigenvalue weighted by Crippen LogP contribution is -2.75. The fourth-order valence-corrected chi connectivity index (χ4v) is 4.52. The van der Waals surface area contributed by atoms with Crippen LogP contribution in [0.3, 0.4) is 0 Å². The first kappa shape index (κ1) is 16.1. The number of rotatable bonds is 2. The van der Waals surface area contributed by atoms with Crippen LogP contribution in [-0.4, -0.2) is 48.2 Å². The van der Waals surface area contributed by atoms with Crippen molar-refractivity contribution in [3.63, 3.8) is 0 Å². The lowest BCUT2D eigenvalue weighted by atomic mass is 9.57. The van der Waals surface area contributed by atoms with Crippen LogP contribution in [0.5, 0.6) is 0 Å². The number of nitrogens with zero attached hydrogens (tertiary/aromatic N) is 2. The molecule has 3 atom stereocenters. The largest absolute Gasteiger partial charge is 0.377 e. The molecule has 2 saturated heterocycles. The molecule has 3 fully saturated rings. The molecule has 1 saturated carbocycles. The second-order valence-electron chi connectivity index (χ2n) is 9.01. The number of nitrogens with one attached hydrogen (secondary N) is 1. The van der Waals surface area contributed by atoms with Crippen molar-refractivity contribution in [2.75, 3.05) is 19.7 Å². The molecule has 0 spiro atoms. The number of hydrogen-bond donors (Lipinski definition) is 1. The number of likely N-dealkylation sites (tertiary alicyclic amines) is 1. The number of hydrogen-bond acceptors (Lipinski definition) is 2. The molecule has 2 heterocycles. The van der Waals surface area contributed by atoms with Crippen molar-refractivity contribution in [3.05, 3.63) is 0 Å². The molecule has 1 aliphatic carbocycles. The van der Waals surface area contributed by atoms with E-state index in [4.69, 9.17) is 9.73 Å². The highest BCUT2D eigenvalue weighted by atomic mass is 16.5. The van der Waals surface area contributed by atoms with Gasteiger partial charge in [-0.1, -0.05) is 27.7 Å². The smallest absolute Gasteiger partial charge is 0.194 e. The Morgan fingerprint density at radius 1 is 1.23 bits per heavy atom. The molecule has 0 aromatic heterocycles. The third-order valence-corrected chi connectivity index (χ3v) is 6.83. The molecule has 0 bridgehead atoms. The van der Waals surface area contributed by atoms with Crippen molar-refractivity contribution < 1.29 is 4.74 Å². The summed E-state index contributed by atoms with van der Waals surface area (Å²) in [6, 6.07) is 0.477. The van der Waals surface area contributed by atoms with Gasteiger partial charge in [0.05, 0.1) is 6.10 Å². The molecule has 22 heavy (non-hydrogen) atoms. The number of fused-ring (bicyclic) bond motifs is 1. The summed E-state index contributed by atoms with van der Waals surface area (Å²) < 4.78 is 5.92. The van der Waals surface area contributed by atoms with Crippen LogP contribution >= 0.6 is 0 Å². The van der Waals surface area contributed by atoms with E-state index in [0.29, 0.717) is 23.5 Å². The van der Waals surface area contributed by atoms with E-state index in [1.807, 2.05) is 0 Å². The molecule has 4 nitrogen and oxygen atoms in total. The van der Waals surface area contributed by atoms with E-state index in [0.717, 1.165) is 25.7 Å². The third-order valence-electron chi connectivity index (χ3n) is 6.83. The number of ether oxygens (including phenoxy) is 1. The van der Waals surface area contributed by atoms with Gasteiger partial charge in [-0.3, -0.25) is 4.99 Å². The summed E-state index contributed by atoms with van der Waals surface area (Å²) in [6.45, 7) is 18.9. The molecule has 0 aromatic rings. The van der Waals surface area contributed by atoms with Crippen LogP contribution in [0.15, 0.2) is 4.99 Å². The fourth-order valence-electron chi connectivity index (χ4n) is 4.52. The Bertz CT molecular complexity index is 481. The number of aliphatic imine (C=N–C) groups is 1. The second-order valence-corrected chi connectivity index (χ2v) is 9.01. The summed E-state index contributed by atoms with van der Waals surface area (Å²) in [5.41, 5.74) is 0.672. The molecule has 3 aliphatic rings. The molecule has 0 aromatic carbocycles. The van der Waals surface area contributed by atoms with Gasteiger partial charge in [0.2, 0.25) is 0 Å². The first-order valence-corrected chi connectivity index (χ1v) is 8.83. The van der Waals surface area contributed by atoms with Crippen LogP contribution in [0.2, 0.25) is 0 Å². The Balaban J connectivity index is 1.76. The second kappa shape index (κ2) is 4.86. The van der Waals surface area contributed by atoms with Crippen LogP contribution in [0.4, 0.5) is 0 Å². The molecule has 3 unspecified atom stereocenters. The first-order valence-electron chi connectivity index (χ1n) is 8.83. The Kier molecular flexibility index (Phi) is 3.56. The maximum atomic E-state index is 5.92. The van der Waals surface area contributed by atoms with Crippen molar-refractivity contribution in [3.8, 4) is 0 Å². The molecule has 4 heteroatoms. The SMILES string of the molecule is CCN=C(NC1C2CCOC2C1(C)C)N1CC(C)(C)C1(C)C. The van der Waals surface area contributed by atoms with E-state index in [1.54, 1.807) is 0 Å². The molecule has 1 N–H and O–H groups in total. The molecule has 3 rings (SSSR count). The summed E-state index contributed by atoms with van der Waals surface area (Å²) in [6.07, 6.45) is 1.61. The summed E-state index contributed by atoms with van der Waals surface area (Å²) in [5.74, 6) is 1.74. The van der Waals surface area contributed by atoms with Crippen molar-refractivity contribution in [1.29, 1.82) is 0 Å². The maximum absolute atomic E-state index is 5.92. The van der Waals surface area contributed by atoms with Gasteiger partial charge in [-0.15, -0.1) is 0 Å². The van der Waals surface area contributed by atoms with E-state index in [9.17, 15) is 0 Å². The van der Waals surface area contributed by atoms with Gasteiger partial charge in [-0.25, -0.2) is 0 Å². The molecule has 126 valence electrons. The summed E-state index contributed by atoms with van der Waals surface area (Å²) in [7, 11) is 0. The lowest BCUT2D eigenvalue weighted by Gasteiger charge is -2.63. The van der Waals surface area contributed by atoms with E-state index in [2.05, 4.69) is 58.7 Å². The van der Waals surface area contributed by atoms with Gasteiger partial charge in [0.25, 0.3) is 0 Å². The monoisotopic (exact) mass is 307 g/mol. The highest BCUT2D eigenvalue weighted by Gasteiger charge is 2.61. The van der Waals surface area contributed by atoms with Crippen LogP contribution in [0.25, 0.3) is 0 Å². The van der Waals surface area contributed by atoms with Gasteiger partial charge >= 0.3 is 0 Å². The van der Waals surface area contributed by atoms with Gasteiger partial charge < -0.3 is 15.0 Å². The molecular formula is C18H33N3O. The normalized spacial score (nSPS) is 38.0. The predicted octanol–water partition coefficient (Wildman–Crippen LogP) is 2.89. The molecule has 0 radical (unpaired) electrons. The Morgan fingerprint density at radius 2 is 1.91 bits per heavy atom. The van der Waals surface area contributed by atoms with Crippen LogP contribution in [0.1, 0.15) is 54.9 Å². The third kappa shape index (κ3) is 2.02. The fraction of sp³-hybridized carbons (Fsp3) is 0.944. The lowest BCUT2D eigenvalue weighted by molar-refractivity contribution is -0.112. The summed E-state index contributed by atoms with van der Waals surface area (Å²) in [4.78, 5) is 7.25. The minimum Gasteiger partial charge on any atom is -0.377 e. The predicted molar refractivity (Wildman–Crippen MR) is 91.1 cm³/mol. The average Bonchev–Trinajstić information content (AvgIpc) is 2.88. The van der Waals surface area contributed by atoms with Gasteiger partial charge in [0, 0.05) is 48.0 Å². The van der Waals surface area contributed by atoms with Crippen LogP contribution in [-0.2, 0) is 4.74 Å². The molecule has 0 amide bonds. The molecule has 2 aliphatic heterocycles. The minimum atomic E-state index is 0.146. The van der Waals surface area contributed by atoms with Crippen molar-refractivity contribution in [2.24, 2.45) is 21.7 Å². The minimum absolute atomic E-state index is 0.146. The maximum Gasteiger partial charge on any atom is 0.194 e. The summed E-state index contributed by atoms with van der Waals surface area (Å²) in [5, 5.41) is 3.81. The zero-order valence-corrected chi connectivity index (χ0v) is 15.4. The van der Waals surface area contributed by atoms with Crippen LogP contribution < -0.4 is 5.32 Å². The summed E-state index contributed by atoms with van der Waals surface area (Å²) >= 11 is 0. The average molecular weight is 307 g/mol. The van der Waals surface area contributed by atoms with Crippen molar-refractivity contribution in [1.82, 2.24) is 10.2 Å². The molecular weight excluding hydrogens is 274 g/mol. The standard InChI is InChI=1S/C18H33N3O/c1-8-19-15(21-11-16(2,3)18(21,6)7)20-13-12-9-10-22-14(12)17(13,4)5/h12-14H,8-11H2,1-7H3,(H,19,20). The topological polar surface area (TPSA) is 36.9 Å². The van der Waals surface area contributed by atoms with Crippen LogP contribution in [0, 0.1) is 16.7 Å². The Hall–Kier alpha value is -0.770. The Labute approximate surface area is 135 Å². The van der Waals surface area contributed by atoms with E-state index >= 15 is 0 Å². The van der Waals surface area contributed by atoms with E-state index in [-0.39, 0.29) is 11.0 Å². The Morgan fingerprint density at radius 3 is 2.45 bits per heavy atom. The van der Waals surface area contributed by atoms with Crippen molar-refractivity contribution in [2.45, 2.75) is 72.6 Å². The highest BCUT2D eigenvalue weighted by Crippen LogP contribution is 2.53. The van der Waals surface area contributed by atoms with Gasteiger partial charge in [0.15, 0.2) is 5.96 Å². The van der Waals surface area contributed by atoms with Gasteiger partial charge in [-0.05, 0) is 27.2 Å². The van der Waals surface area contributed by atoms with Crippen molar-refractivity contribution >= 4 is 5.96 Å². The first-order chi connectivity index (χ1) is 10.1. The van der Waals surface area contributed by atoms with E-state index < -0.39 is 0 Å². The highest BCUT2D eigenvalue weighted by molar-refractivity contribution is 5.82. The van der Waals surface area contributed by atoms with Gasteiger partial charge in [-0.2, -0.15) is 0 Å². The van der Waals surface area contributed by atoms with E-state index in [1.165, 1.54) is 6.42 Å². The zero-order valence-electron chi connectivity index (χ0n) is 15.4. The zero-order chi connectivity index (χ0) is 16.3. The quantitative estimate of drug-likeness (QED) is 0.629. The van der Waals surface area contributed by atoms with Gasteiger partial charge in [0.1, 0.15) is 0 Å².